The van der Waals surface area contributed by atoms with Gasteiger partial charge >= 0.3 is 0 Å². The Bertz CT molecular complexity index is 611. The Labute approximate surface area is 133 Å². The molecule has 2 aromatic rings. The van der Waals surface area contributed by atoms with Crippen molar-refractivity contribution in [2.45, 2.75) is 13.8 Å². The highest BCUT2D eigenvalue weighted by molar-refractivity contribution is 6.31. The molecule has 0 N–H and O–H groups in total. The van der Waals surface area contributed by atoms with Gasteiger partial charge in [0.1, 0.15) is 0 Å². The number of rotatable bonds is 4. The molecule has 0 bridgehead atoms. The summed E-state index contributed by atoms with van der Waals surface area (Å²) < 4.78 is 0. The van der Waals surface area contributed by atoms with Crippen LogP contribution in [-0.4, -0.2) is 11.6 Å². The molecule has 0 spiro atoms. The van der Waals surface area contributed by atoms with E-state index in [2.05, 4.69) is 0 Å². The lowest BCUT2D eigenvalue weighted by atomic mass is 9.78. The van der Waals surface area contributed by atoms with Crippen molar-refractivity contribution < 1.29 is 9.59 Å². The summed E-state index contributed by atoms with van der Waals surface area (Å²) in [6.07, 6.45) is 0. The van der Waals surface area contributed by atoms with Gasteiger partial charge in [-0.05, 0) is 62.4 Å². The Morgan fingerprint density at radius 3 is 1.29 bits per heavy atom. The van der Waals surface area contributed by atoms with E-state index < -0.39 is 5.41 Å². The number of hydrogen-bond acceptors (Lipinski definition) is 2. The highest BCUT2D eigenvalue weighted by Crippen LogP contribution is 2.28. The largest absolute Gasteiger partial charge is 0.293 e. The molecule has 0 aliphatic rings. The van der Waals surface area contributed by atoms with Crippen molar-refractivity contribution in [1.82, 2.24) is 0 Å². The Morgan fingerprint density at radius 2 is 1.00 bits per heavy atom. The molecule has 0 amide bonds. The molecule has 21 heavy (non-hydrogen) atoms. The van der Waals surface area contributed by atoms with Crippen LogP contribution in [0.15, 0.2) is 48.5 Å². The summed E-state index contributed by atoms with van der Waals surface area (Å²) in [5.41, 5.74) is -0.222. The summed E-state index contributed by atoms with van der Waals surface area (Å²) in [6.45, 7) is 3.25. The summed E-state index contributed by atoms with van der Waals surface area (Å²) in [4.78, 5) is 25.1. The SMILES string of the molecule is CC(C)(C(=O)c1ccc(Cl)cc1)C(=O)c1ccc(Cl)cc1. The molecule has 2 aromatic carbocycles. The number of hydrogen-bond donors (Lipinski definition) is 0. The van der Waals surface area contributed by atoms with Crippen LogP contribution in [-0.2, 0) is 0 Å². The second-order valence-electron chi connectivity index (χ2n) is 5.30. The van der Waals surface area contributed by atoms with Crippen LogP contribution in [0.2, 0.25) is 10.0 Å². The Kier molecular flexibility index (Phi) is 4.50. The first-order valence-corrected chi connectivity index (χ1v) is 7.18. The molecule has 108 valence electrons. The zero-order valence-electron chi connectivity index (χ0n) is 11.7. The Balaban J connectivity index is 2.32. The van der Waals surface area contributed by atoms with Gasteiger partial charge in [-0.15, -0.1) is 0 Å². The van der Waals surface area contributed by atoms with Crippen molar-refractivity contribution in [2.24, 2.45) is 5.41 Å². The van der Waals surface area contributed by atoms with Gasteiger partial charge in [0.2, 0.25) is 0 Å². The van der Waals surface area contributed by atoms with Crippen molar-refractivity contribution in [3.63, 3.8) is 0 Å². The summed E-state index contributed by atoms with van der Waals surface area (Å²) in [6, 6.07) is 13.1. The molecule has 0 saturated heterocycles. The monoisotopic (exact) mass is 320 g/mol. The van der Waals surface area contributed by atoms with Gasteiger partial charge in [-0.2, -0.15) is 0 Å². The maximum atomic E-state index is 12.6. The maximum absolute atomic E-state index is 12.6. The Morgan fingerprint density at radius 1 is 0.714 bits per heavy atom. The second kappa shape index (κ2) is 6.00. The molecule has 2 nitrogen and oxygen atoms in total. The van der Waals surface area contributed by atoms with Gasteiger partial charge in [0.15, 0.2) is 11.6 Å². The minimum absolute atomic E-state index is 0.237. The molecule has 0 radical (unpaired) electrons. The maximum Gasteiger partial charge on any atom is 0.176 e. The molecular formula is C17H14Cl2O2. The summed E-state index contributed by atoms with van der Waals surface area (Å²) in [5, 5.41) is 1.10. The predicted octanol–water partition coefficient (Wildman–Crippen LogP) is 5.09. The lowest BCUT2D eigenvalue weighted by Crippen LogP contribution is -2.33. The van der Waals surface area contributed by atoms with Gasteiger partial charge in [0, 0.05) is 21.2 Å². The molecular weight excluding hydrogens is 307 g/mol. The van der Waals surface area contributed by atoms with E-state index in [4.69, 9.17) is 23.2 Å². The van der Waals surface area contributed by atoms with E-state index in [1.54, 1.807) is 62.4 Å². The lowest BCUT2D eigenvalue weighted by Gasteiger charge is -2.21. The molecule has 0 aromatic heterocycles. The third-order valence-corrected chi connectivity index (χ3v) is 3.85. The normalized spacial score (nSPS) is 11.2. The standard InChI is InChI=1S/C17H14Cl2O2/c1-17(2,15(20)11-3-7-13(18)8-4-11)16(21)12-5-9-14(19)10-6-12/h3-10H,1-2H3. The van der Waals surface area contributed by atoms with Crippen LogP contribution < -0.4 is 0 Å². The second-order valence-corrected chi connectivity index (χ2v) is 6.17. The molecule has 0 atom stereocenters. The average Bonchev–Trinajstić information content (AvgIpc) is 2.47. The van der Waals surface area contributed by atoms with E-state index in [-0.39, 0.29) is 11.6 Å². The molecule has 2 rings (SSSR count). The highest BCUT2D eigenvalue weighted by Gasteiger charge is 2.36. The van der Waals surface area contributed by atoms with Crippen LogP contribution in [0.3, 0.4) is 0 Å². The van der Waals surface area contributed by atoms with Crippen molar-refractivity contribution >= 4 is 34.8 Å². The average molecular weight is 321 g/mol. The van der Waals surface area contributed by atoms with E-state index in [9.17, 15) is 9.59 Å². The fourth-order valence-corrected chi connectivity index (χ4v) is 2.28. The van der Waals surface area contributed by atoms with Gasteiger partial charge in [0.05, 0.1) is 5.41 Å². The van der Waals surface area contributed by atoms with Crippen molar-refractivity contribution in [1.29, 1.82) is 0 Å². The van der Waals surface area contributed by atoms with Crippen molar-refractivity contribution in [2.75, 3.05) is 0 Å². The zero-order valence-corrected chi connectivity index (χ0v) is 13.2. The number of ketones is 2. The van der Waals surface area contributed by atoms with Gasteiger partial charge in [-0.3, -0.25) is 9.59 Å². The number of Topliss-reactive ketones (excluding diaryl/α,β-unsaturated/α-hetero) is 2. The number of benzene rings is 2. The topological polar surface area (TPSA) is 34.1 Å². The van der Waals surface area contributed by atoms with Crippen LogP contribution in [0.4, 0.5) is 0 Å². The first kappa shape index (κ1) is 15.7. The third kappa shape index (κ3) is 3.34. The molecule has 0 heterocycles. The number of carbonyl (C=O) groups excluding carboxylic acids is 2. The van der Waals surface area contributed by atoms with Crippen LogP contribution in [0.1, 0.15) is 34.6 Å². The molecule has 0 aliphatic heterocycles. The lowest BCUT2D eigenvalue weighted by molar-refractivity contribution is 0.0711. The van der Waals surface area contributed by atoms with E-state index in [0.717, 1.165) is 0 Å². The van der Waals surface area contributed by atoms with Crippen LogP contribution in [0, 0.1) is 5.41 Å². The van der Waals surface area contributed by atoms with Crippen LogP contribution in [0.5, 0.6) is 0 Å². The van der Waals surface area contributed by atoms with Gasteiger partial charge in [-0.25, -0.2) is 0 Å². The first-order valence-electron chi connectivity index (χ1n) is 6.43. The van der Waals surface area contributed by atoms with Crippen molar-refractivity contribution in [3.8, 4) is 0 Å². The number of carbonyl (C=O) groups is 2. The highest BCUT2D eigenvalue weighted by atomic mass is 35.5. The molecule has 0 fully saturated rings. The summed E-state index contributed by atoms with van der Waals surface area (Å²) >= 11 is 11.6. The third-order valence-electron chi connectivity index (χ3n) is 3.35. The quantitative estimate of drug-likeness (QED) is 0.581. The fourth-order valence-electron chi connectivity index (χ4n) is 2.03. The Hall–Kier alpha value is -1.64. The zero-order chi connectivity index (χ0) is 15.6. The minimum Gasteiger partial charge on any atom is -0.293 e. The van der Waals surface area contributed by atoms with Crippen LogP contribution in [0.25, 0.3) is 0 Å². The smallest absolute Gasteiger partial charge is 0.176 e. The van der Waals surface area contributed by atoms with E-state index in [1.807, 2.05) is 0 Å². The molecule has 0 saturated carbocycles. The number of halogens is 2. The van der Waals surface area contributed by atoms with Crippen molar-refractivity contribution in [3.05, 3.63) is 69.7 Å². The van der Waals surface area contributed by atoms with Gasteiger partial charge < -0.3 is 0 Å². The molecule has 0 aliphatic carbocycles. The van der Waals surface area contributed by atoms with E-state index in [1.165, 1.54) is 0 Å². The summed E-state index contributed by atoms with van der Waals surface area (Å²) in [5.74, 6) is -0.474. The van der Waals surface area contributed by atoms with E-state index >= 15 is 0 Å². The molecule has 0 unspecified atom stereocenters. The fraction of sp³-hybridized carbons (Fsp3) is 0.176. The minimum atomic E-state index is -1.15. The summed E-state index contributed by atoms with van der Waals surface area (Å²) in [7, 11) is 0. The van der Waals surface area contributed by atoms with E-state index in [0.29, 0.717) is 21.2 Å². The molecule has 4 heteroatoms. The van der Waals surface area contributed by atoms with Crippen LogP contribution >= 0.6 is 23.2 Å². The van der Waals surface area contributed by atoms with Gasteiger partial charge in [-0.1, -0.05) is 23.2 Å². The predicted molar refractivity (Wildman–Crippen MR) is 85.3 cm³/mol. The first-order chi connectivity index (χ1) is 9.82. The van der Waals surface area contributed by atoms with Gasteiger partial charge in [0.25, 0.3) is 0 Å².